The van der Waals surface area contributed by atoms with Crippen molar-refractivity contribution in [3.05, 3.63) is 24.2 Å². The molecule has 1 aliphatic rings. The fraction of sp³-hybridized carbons (Fsp3) is 0.583. The molecule has 0 bridgehead atoms. The Bertz CT molecular complexity index is 348. The quantitative estimate of drug-likeness (QED) is 0.827. The van der Waals surface area contributed by atoms with E-state index in [1.165, 1.54) is 18.9 Å². The predicted octanol–water partition coefficient (Wildman–Crippen LogP) is 1.62. The molecule has 88 valence electrons. The second-order valence-electron chi connectivity index (χ2n) is 4.44. The third kappa shape index (κ3) is 2.11. The van der Waals surface area contributed by atoms with E-state index >= 15 is 0 Å². The first kappa shape index (κ1) is 11.2. The molecule has 2 unspecified atom stereocenters. The topological polar surface area (TPSA) is 59.5 Å². The Morgan fingerprint density at radius 1 is 1.50 bits per heavy atom. The maximum absolute atomic E-state index is 12.1. The molecule has 16 heavy (non-hydrogen) atoms. The summed E-state index contributed by atoms with van der Waals surface area (Å²) in [6, 6.07) is 1.96. The Morgan fingerprint density at radius 3 is 2.88 bits per heavy atom. The highest BCUT2D eigenvalue weighted by atomic mass is 16.3. The lowest BCUT2D eigenvalue weighted by atomic mass is 9.90. The van der Waals surface area contributed by atoms with Crippen LogP contribution in [0.4, 0.5) is 0 Å². The van der Waals surface area contributed by atoms with Gasteiger partial charge in [0.1, 0.15) is 6.26 Å². The van der Waals surface area contributed by atoms with E-state index in [1.807, 2.05) is 7.05 Å². The van der Waals surface area contributed by atoms with Gasteiger partial charge in [-0.25, -0.2) is 0 Å². The lowest BCUT2D eigenvalue weighted by molar-refractivity contribution is 0.0671. The van der Waals surface area contributed by atoms with Gasteiger partial charge in [-0.05, 0) is 18.9 Å². The number of hydrogen-bond donors (Lipinski definition) is 1. The van der Waals surface area contributed by atoms with Gasteiger partial charge < -0.3 is 15.1 Å². The van der Waals surface area contributed by atoms with Crippen LogP contribution in [0, 0.1) is 0 Å². The number of nitrogens with zero attached hydrogens (tertiary/aromatic N) is 1. The van der Waals surface area contributed by atoms with Crippen LogP contribution in [0.2, 0.25) is 0 Å². The Balaban J connectivity index is 2.06. The molecule has 2 rings (SSSR count). The molecule has 1 heterocycles. The van der Waals surface area contributed by atoms with Crippen LogP contribution >= 0.6 is 0 Å². The van der Waals surface area contributed by atoms with Crippen LogP contribution in [0.25, 0.3) is 0 Å². The molecule has 0 aliphatic heterocycles. The summed E-state index contributed by atoms with van der Waals surface area (Å²) in [5.74, 6) is -0.00361. The van der Waals surface area contributed by atoms with Gasteiger partial charge in [-0.1, -0.05) is 12.8 Å². The van der Waals surface area contributed by atoms with Crippen LogP contribution < -0.4 is 5.73 Å². The standard InChI is InChI=1S/C12H18N2O2/c1-14(11-5-3-2-4-10(11)13)12(15)9-6-7-16-8-9/h6-8,10-11H,2-5,13H2,1H3. The van der Waals surface area contributed by atoms with Gasteiger partial charge in [0.2, 0.25) is 0 Å². The van der Waals surface area contributed by atoms with E-state index < -0.39 is 0 Å². The molecule has 0 saturated heterocycles. The average molecular weight is 222 g/mol. The van der Waals surface area contributed by atoms with Gasteiger partial charge in [-0.15, -0.1) is 0 Å². The molecule has 1 amide bonds. The lowest BCUT2D eigenvalue weighted by Gasteiger charge is -2.35. The van der Waals surface area contributed by atoms with Crippen LogP contribution in [0.15, 0.2) is 23.0 Å². The zero-order valence-electron chi connectivity index (χ0n) is 9.56. The fourth-order valence-electron chi connectivity index (χ4n) is 2.36. The highest BCUT2D eigenvalue weighted by Gasteiger charge is 2.28. The van der Waals surface area contributed by atoms with Crippen LogP contribution in [0.1, 0.15) is 36.0 Å². The molecule has 4 nitrogen and oxygen atoms in total. The van der Waals surface area contributed by atoms with Crippen LogP contribution in [0.3, 0.4) is 0 Å². The minimum atomic E-state index is -0.00361. The highest BCUT2D eigenvalue weighted by Crippen LogP contribution is 2.22. The van der Waals surface area contributed by atoms with Crippen LogP contribution in [-0.4, -0.2) is 29.9 Å². The van der Waals surface area contributed by atoms with Gasteiger partial charge in [0.15, 0.2) is 0 Å². The van der Waals surface area contributed by atoms with E-state index in [2.05, 4.69) is 0 Å². The van der Waals surface area contributed by atoms with Crippen LogP contribution in [-0.2, 0) is 0 Å². The summed E-state index contributed by atoms with van der Waals surface area (Å²) in [7, 11) is 1.82. The summed E-state index contributed by atoms with van der Waals surface area (Å²) >= 11 is 0. The minimum absolute atomic E-state index is 0.00361. The number of furan rings is 1. The Labute approximate surface area is 95.4 Å². The molecule has 0 radical (unpaired) electrons. The number of nitrogens with two attached hydrogens (primary N) is 1. The highest BCUT2D eigenvalue weighted by molar-refractivity contribution is 5.93. The summed E-state index contributed by atoms with van der Waals surface area (Å²) in [4.78, 5) is 13.8. The van der Waals surface area contributed by atoms with Crippen molar-refractivity contribution >= 4 is 5.91 Å². The number of amides is 1. The molecule has 1 aromatic rings. The summed E-state index contributed by atoms with van der Waals surface area (Å²) < 4.78 is 4.92. The monoisotopic (exact) mass is 222 g/mol. The average Bonchev–Trinajstić information content (AvgIpc) is 2.81. The van der Waals surface area contributed by atoms with Crippen molar-refractivity contribution in [3.63, 3.8) is 0 Å². The third-order valence-electron chi connectivity index (χ3n) is 3.37. The number of likely N-dealkylation sites (N-methyl/N-ethyl adjacent to an activating group) is 1. The molecular weight excluding hydrogens is 204 g/mol. The van der Waals surface area contributed by atoms with Crippen molar-refractivity contribution in [1.82, 2.24) is 4.90 Å². The van der Waals surface area contributed by atoms with E-state index in [1.54, 1.807) is 11.0 Å². The molecule has 1 fully saturated rings. The fourth-order valence-corrected chi connectivity index (χ4v) is 2.36. The largest absolute Gasteiger partial charge is 0.472 e. The maximum Gasteiger partial charge on any atom is 0.257 e. The maximum atomic E-state index is 12.1. The first-order chi connectivity index (χ1) is 7.70. The molecule has 0 aromatic carbocycles. The van der Waals surface area contributed by atoms with Crippen molar-refractivity contribution in [2.45, 2.75) is 37.8 Å². The normalized spacial score (nSPS) is 25.4. The molecule has 2 N–H and O–H groups in total. The van der Waals surface area contributed by atoms with E-state index in [4.69, 9.17) is 10.2 Å². The van der Waals surface area contributed by atoms with Crippen molar-refractivity contribution in [2.24, 2.45) is 5.73 Å². The zero-order valence-corrected chi connectivity index (χ0v) is 9.56. The molecule has 4 heteroatoms. The zero-order chi connectivity index (χ0) is 11.5. The Kier molecular flexibility index (Phi) is 3.29. The number of carbonyl (C=O) groups is 1. The Morgan fingerprint density at radius 2 is 2.25 bits per heavy atom. The third-order valence-corrected chi connectivity index (χ3v) is 3.37. The smallest absolute Gasteiger partial charge is 0.257 e. The summed E-state index contributed by atoms with van der Waals surface area (Å²) in [5, 5.41) is 0. The van der Waals surface area contributed by atoms with Gasteiger partial charge in [0.05, 0.1) is 11.8 Å². The first-order valence-corrected chi connectivity index (χ1v) is 5.75. The molecule has 2 atom stereocenters. The molecule has 1 aliphatic carbocycles. The Hall–Kier alpha value is -1.29. The SMILES string of the molecule is CN(C(=O)c1ccoc1)C1CCCCC1N. The number of carbonyl (C=O) groups excluding carboxylic acids is 1. The van der Waals surface area contributed by atoms with Crippen molar-refractivity contribution < 1.29 is 9.21 Å². The summed E-state index contributed by atoms with van der Waals surface area (Å²) in [5.41, 5.74) is 6.65. The van der Waals surface area contributed by atoms with E-state index in [9.17, 15) is 4.79 Å². The van der Waals surface area contributed by atoms with E-state index in [0.717, 1.165) is 19.3 Å². The molecular formula is C12H18N2O2. The molecule has 1 aromatic heterocycles. The van der Waals surface area contributed by atoms with Crippen LogP contribution in [0.5, 0.6) is 0 Å². The summed E-state index contributed by atoms with van der Waals surface area (Å²) in [6.07, 6.45) is 7.33. The van der Waals surface area contributed by atoms with E-state index in [-0.39, 0.29) is 18.0 Å². The van der Waals surface area contributed by atoms with Crippen molar-refractivity contribution in [2.75, 3.05) is 7.05 Å². The second-order valence-corrected chi connectivity index (χ2v) is 4.44. The van der Waals surface area contributed by atoms with Gasteiger partial charge in [-0.2, -0.15) is 0 Å². The lowest BCUT2D eigenvalue weighted by Crippen LogP contribution is -2.50. The van der Waals surface area contributed by atoms with Gasteiger partial charge in [0.25, 0.3) is 5.91 Å². The van der Waals surface area contributed by atoms with E-state index in [0.29, 0.717) is 5.56 Å². The van der Waals surface area contributed by atoms with Gasteiger partial charge in [0, 0.05) is 19.1 Å². The minimum Gasteiger partial charge on any atom is -0.472 e. The van der Waals surface area contributed by atoms with Gasteiger partial charge in [-0.3, -0.25) is 4.79 Å². The van der Waals surface area contributed by atoms with Gasteiger partial charge >= 0.3 is 0 Å². The molecule has 1 saturated carbocycles. The first-order valence-electron chi connectivity index (χ1n) is 5.75. The van der Waals surface area contributed by atoms with Crippen molar-refractivity contribution in [3.8, 4) is 0 Å². The number of hydrogen-bond acceptors (Lipinski definition) is 3. The predicted molar refractivity (Wildman–Crippen MR) is 61.0 cm³/mol. The molecule has 0 spiro atoms. The summed E-state index contributed by atoms with van der Waals surface area (Å²) in [6.45, 7) is 0. The number of rotatable bonds is 2. The second kappa shape index (κ2) is 4.70. The van der Waals surface area contributed by atoms with Crippen molar-refractivity contribution in [1.29, 1.82) is 0 Å².